The van der Waals surface area contributed by atoms with Gasteiger partial charge in [0.1, 0.15) is 5.02 Å². The Labute approximate surface area is 114 Å². The van der Waals surface area contributed by atoms with E-state index in [2.05, 4.69) is 34.4 Å². The highest BCUT2D eigenvalue weighted by atomic mass is 35.5. The zero-order valence-corrected chi connectivity index (χ0v) is 11.8. The van der Waals surface area contributed by atoms with Crippen LogP contribution >= 0.6 is 11.6 Å². The summed E-state index contributed by atoms with van der Waals surface area (Å²) in [7, 11) is 0. The number of hydrogen-bond donors (Lipinski definition) is 2. The van der Waals surface area contributed by atoms with Crippen molar-refractivity contribution in [1.29, 1.82) is 0 Å². The molecule has 100 valence electrons. The van der Waals surface area contributed by atoms with Gasteiger partial charge < -0.3 is 10.6 Å². The summed E-state index contributed by atoms with van der Waals surface area (Å²) < 4.78 is 0. The van der Waals surface area contributed by atoms with Crippen molar-refractivity contribution in [3.05, 3.63) is 11.2 Å². The summed E-state index contributed by atoms with van der Waals surface area (Å²) in [6.45, 7) is 5.21. The van der Waals surface area contributed by atoms with Gasteiger partial charge in [0.2, 0.25) is 5.95 Å². The van der Waals surface area contributed by atoms with Crippen molar-refractivity contribution in [3.8, 4) is 0 Å². The fraction of sp³-hybridized carbons (Fsp3) is 0.692. The Balaban J connectivity index is 1.94. The summed E-state index contributed by atoms with van der Waals surface area (Å²) in [5.41, 5.74) is 0. The van der Waals surface area contributed by atoms with Crippen LogP contribution in [0, 0.1) is 5.92 Å². The van der Waals surface area contributed by atoms with E-state index >= 15 is 0 Å². The molecule has 2 rings (SSSR count). The third-order valence-electron chi connectivity index (χ3n) is 3.18. The minimum Gasteiger partial charge on any atom is -0.366 e. The van der Waals surface area contributed by atoms with E-state index in [0.717, 1.165) is 24.7 Å². The maximum atomic E-state index is 6.11. The van der Waals surface area contributed by atoms with Gasteiger partial charge in [0.05, 0.1) is 6.20 Å². The van der Waals surface area contributed by atoms with Crippen LogP contribution in [0.15, 0.2) is 6.20 Å². The number of rotatable bonds is 7. The second-order valence-corrected chi connectivity index (χ2v) is 5.26. The van der Waals surface area contributed by atoms with Crippen LogP contribution in [-0.2, 0) is 0 Å². The molecule has 1 fully saturated rings. The number of anilines is 2. The van der Waals surface area contributed by atoms with Gasteiger partial charge in [-0.15, -0.1) is 0 Å². The standard InChI is InChI=1S/C13H21ClN4/c1-3-5-9-7-11(9)17-12-10(14)8-16-13(18-12)15-6-4-2/h8-9,11H,3-7H2,1-2H3,(H2,15,16,17,18). The zero-order valence-electron chi connectivity index (χ0n) is 11.0. The van der Waals surface area contributed by atoms with Crippen LogP contribution < -0.4 is 10.6 Å². The predicted molar refractivity (Wildman–Crippen MR) is 76.2 cm³/mol. The first kappa shape index (κ1) is 13.4. The van der Waals surface area contributed by atoms with E-state index in [9.17, 15) is 0 Å². The average Bonchev–Trinajstić information content (AvgIpc) is 3.09. The fourth-order valence-corrected chi connectivity index (χ4v) is 2.23. The Morgan fingerprint density at radius 3 is 2.94 bits per heavy atom. The molecule has 0 aliphatic heterocycles. The molecular weight excluding hydrogens is 248 g/mol. The van der Waals surface area contributed by atoms with Crippen molar-refractivity contribution in [1.82, 2.24) is 9.97 Å². The van der Waals surface area contributed by atoms with Crippen LogP contribution in [0.5, 0.6) is 0 Å². The van der Waals surface area contributed by atoms with Gasteiger partial charge in [0, 0.05) is 12.6 Å². The van der Waals surface area contributed by atoms with Crippen LogP contribution in [-0.4, -0.2) is 22.6 Å². The molecule has 0 amide bonds. The van der Waals surface area contributed by atoms with E-state index < -0.39 is 0 Å². The first-order valence-corrected chi connectivity index (χ1v) is 7.15. The van der Waals surface area contributed by atoms with E-state index in [0.29, 0.717) is 17.0 Å². The summed E-state index contributed by atoms with van der Waals surface area (Å²) >= 11 is 6.11. The minimum atomic E-state index is 0.538. The van der Waals surface area contributed by atoms with Gasteiger partial charge in [0.25, 0.3) is 0 Å². The number of nitrogens with zero attached hydrogens (tertiary/aromatic N) is 2. The van der Waals surface area contributed by atoms with Crippen LogP contribution in [0.2, 0.25) is 5.02 Å². The van der Waals surface area contributed by atoms with E-state index in [-0.39, 0.29) is 0 Å². The Kier molecular flexibility index (Phi) is 4.64. The van der Waals surface area contributed by atoms with Crippen LogP contribution in [0.3, 0.4) is 0 Å². The molecule has 1 aromatic rings. The SMILES string of the molecule is CCCNc1ncc(Cl)c(NC2CC2CCC)n1. The van der Waals surface area contributed by atoms with Crippen LogP contribution in [0.4, 0.5) is 11.8 Å². The van der Waals surface area contributed by atoms with Crippen molar-refractivity contribution in [3.63, 3.8) is 0 Å². The largest absolute Gasteiger partial charge is 0.366 e. The van der Waals surface area contributed by atoms with Crippen molar-refractivity contribution in [2.75, 3.05) is 17.2 Å². The molecule has 4 nitrogen and oxygen atoms in total. The molecule has 0 spiro atoms. The maximum Gasteiger partial charge on any atom is 0.224 e. The molecule has 2 atom stereocenters. The Bertz CT molecular complexity index is 397. The molecule has 0 aromatic carbocycles. The van der Waals surface area contributed by atoms with Gasteiger partial charge in [-0.1, -0.05) is 31.9 Å². The third kappa shape index (κ3) is 3.48. The first-order valence-electron chi connectivity index (χ1n) is 6.77. The molecule has 2 unspecified atom stereocenters. The van der Waals surface area contributed by atoms with Crippen LogP contribution in [0.25, 0.3) is 0 Å². The molecule has 1 heterocycles. The number of hydrogen-bond acceptors (Lipinski definition) is 4. The summed E-state index contributed by atoms with van der Waals surface area (Å²) in [5.74, 6) is 2.19. The van der Waals surface area contributed by atoms with Crippen molar-refractivity contribution >= 4 is 23.4 Å². The molecule has 0 radical (unpaired) electrons. The van der Waals surface area contributed by atoms with E-state index in [1.54, 1.807) is 6.20 Å². The fourth-order valence-electron chi connectivity index (χ4n) is 2.08. The monoisotopic (exact) mass is 268 g/mol. The molecule has 1 aliphatic rings. The molecule has 1 saturated carbocycles. The lowest BCUT2D eigenvalue weighted by molar-refractivity contribution is 0.692. The lowest BCUT2D eigenvalue weighted by Crippen LogP contribution is -2.10. The summed E-state index contributed by atoms with van der Waals surface area (Å²) in [4.78, 5) is 8.58. The number of halogens is 1. The lowest BCUT2D eigenvalue weighted by atomic mass is 10.2. The smallest absolute Gasteiger partial charge is 0.224 e. The normalized spacial score (nSPS) is 21.7. The van der Waals surface area contributed by atoms with Gasteiger partial charge in [-0.05, 0) is 25.2 Å². The van der Waals surface area contributed by atoms with Crippen molar-refractivity contribution < 1.29 is 0 Å². The Morgan fingerprint density at radius 1 is 1.39 bits per heavy atom. The molecule has 2 N–H and O–H groups in total. The number of nitrogens with one attached hydrogen (secondary N) is 2. The highest BCUT2D eigenvalue weighted by Gasteiger charge is 2.36. The summed E-state index contributed by atoms with van der Waals surface area (Å²) in [5, 5.41) is 7.18. The predicted octanol–water partition coefficient (Wildman–Crippen LogP) is 3.55. The molecular formula is C13H21ClN4. The second kappa shape index (κ2) is 6.23. The van der Waals surface area contributed by atoms with Gasteiger partial charge in [0.15, 0.2) is 5.82 Å². The second-order valence-electron chi connectivity index (χ2n) is 4.85. The molecule has 0 saturated heterocycles. The third-order valence-corrected chi connectivity index (χ3v) is 3.46. The Hall–Kier alpha value is -1.03. The van der Waals surface area contributed by atoms with E-state index in [1.165, 1.54) is 19.3 Å². The quantitative estimate of drug-likeness (QED) is 0.794. The van der Waals surface area contributed by atoms with Crippen molar-refractivity contribution in [2.45, 2.75) is 45.6 Å². The van der Waals surface area contributed by atoms with E-state index in [4.69, 9.17) is 11.6 Å². The molecule has 1 aliphatic carbocycles. The molecule has 0 bridgehead atoms. The van der Waals surface area contributed by atoms with Gasteiger partial charge in [-0.2, -0.15) is 4.98 Å². The average molecular weight is 269 g/mol. The summed E-state index contributed by atoms with van der Waals surface area (Å²) in [6, 6.07) is 0.538. The van der Waals surface area contributed by atoms with Crippen molar-refractivity contribution in [2.24, 2.45) is 5.92 Å². The number of aromatic nitrogens is 2. The first-order chi connectivity index (χ1) is 8.74. The zero-order chi connectivity index (χ0) is 13.0. The Morgan fingerprint density at radius 2 is 2.22 bits per heavy atom. The van der Waals surface area contributed by atoms with Crippen LogP contribution in [0.1, 0.15) is 39.5 Å². The topological polar surface area (TPSA) is 49.8 Å². The van der Waals surface area contributed by atoms with Gasteiger partial charge in [-0.25, -0.2) is 4.98 Å². The highest BCUT2D eigenvalue weighted by molar-refractivity contribution is 6.32. The maximum absolute atomic E-state index is 6.11. The molecule has 18 heavy (non-hydrogen) atoms. The minimum absolute atomic E-state index is 0.538. The van der Waals surface area contributed by atoms with E-state index in [1.807, 2.05) is 0 Å². The molecule has 1 aromatic heterocycles. The van der Waals surface area contributed by atoms with Gasteiger partial charge in [-0.3, -0.25) is 0 Å². The molecule has 5 heteroatoms. The summed E-state index contributed by atoms with van der Waals surface area (Å²) in [6.07, 6.45) is 6.46. The lowest BCUT2D eigenvalue weighted by Gasteiger charge is -2.09. The highest BCUT2D eigenvalue weighted by Crippen LogP contribution is 2.38. The van der Waals surface area contributed by atoms with Gasteiger partial charge >= 0.3 is 0 Å².